The van der Waals surface area contributed by atoms with Gasteiger partial charge < -0.3 is 4.42 Å². The average molecular weight is 366 g/mol. The fourth-order valence-electron chi connectivity index (χ4n) is 2.63. The van der Waals surface area contributed by atoms with Crippen molar-refractivity contribution in [3.63, 3.8) is 0 Å². The Morgan fingerprint density at radius 2 is 1.43 bits per heavy atom. The highest BCUT2D eigenvalue weighted by Gasteiger charge is 2.08. The molecule has 0 saturated heterocycles. The molecule has 0 N–H and O–H groups in total. The summed E-state index contributed by atoms with van der Waals surface area (Å²) in [6, 6.07) is 26.7. The van der Waals surface area contributed by atoms with Crippen LogP contribution in [0.4, 0.5) is 0 Å². The molecule has 0 unspecified atom stereocenters. The number of hydrogen-bond donors (Lipinski definition) is 0. The maximum Gasteiger partial charge on any atom is 0.199 e. The van der Waals surface area contributed by atoms with Gasteiger partial charge in [0.15, 0.2) is 11.5 Å². The predicted octanol–water partition coefficient (Wildman–Crippen LogP) is 5.66. The Hall–Kier alpha value is -2.39. The molecule has 0 atom stereocenters. The zero-order chi connectivity index (χ0) is 14.8. The third-order valence-electron chi connectivity index (χ3n) is 3.74. The first kappa shape index (κ1) is 15.5. The van der Waals surface area contributed by atoms with Crippen LogP contribution in [0.1, 0.15) is 11.5 Å². The zero-order valence-corrected chi connectivity index (χ0v) is 14.2. The van der Waals surface area contributed by atoms with E-state index in [4.69, 9.17) is 4.42 Å². The third kappa shape index (κ3) is 3.35. The number of aromatic nitrogens is 1. The van der Waals surface area contributed by atoms with Gasteiger partial charge >= 0.3 is 0 Å². The Morgan fingerprint density at radius 3 is 2.17 bits per heavy atom. The predicted molar refractivity (Wildman–Crippen MR) is 99.0 cm³/mol. The molecule has 1 heterocycles. The van der Waals surface area contributed by atoms with Crippen molar-refractivity contribution in [2.75, 3.05) is 0 Å². The quantitative estimate of drug-likeness (QED) is 0.467. The molecule has 3 aromatic carbocycles. The summed E-state index contributed by atoms with van der Waals surface area (Å²) < 4.78 is 5.85. The van der Waals surface area contributed by atoms with Gasteiger partial charge in [0.1, 0.15) is 5.52 Å². The highest BCUT2D eigenvalue weighted by molar-refractivity contribution is 8.93. The lowest BCUT2D eigenvalue weighted by atomic mass is 10.1. The van der Waals surface area contributed by atoms with Gasteiger partial charge in [-0.2, -0.15) is 0 Å². The van der Waals surface area contributed by atoms with Crippen LogP contribution < -0.4 is 0 Å². The van der Waals surface area contributed by atoms with Crippen LogP contribution in [0.5, 0.6) is 0 Å². The van der Waals surface area contributed by atoms with Crippen molar-refractivity contribution in [3.05, 3.63) is 90.3 Å². The van der Waals surface area contributed by atoms with Crippen LogP contribution in [-0.4, -0.2) is 4.98 Å². The van der Waals surface area contributed by atoms with Crippen LogP contribution in [-0.2, 0) is 6.42 Å². The largest absolute Gasteiger partial charge is 0.440 e. The molecule has 0 spiro atoms. The molecule has 0 aliphatic heterocycles. The summed E-state index contributed by atoms with van der Waals surface area (Å²) in [6.07, 6.45) is 0.718. The van der Waals surface area contributed by atoms with Crippen molar-refractivity contribution in [1.29, 1.82) is 0 Å². The van der Waals surface area contributed by atoms with Crippen molar-refractivity contribution in [1.82, 2.24) is 4.98 Å². The summed E-state index contributed by atoms with van der Waals surface area (Å²) in [6.45, 7) is 0. The topological polar surface area (TPSA) is 26.0 Å². The molecule has 0 aliphatic carbocycles. The third-order valence-corrected chi connectivity index (χ3v) is 3.74. The molecular weight excluding hydrogens is 350 g/mol. The van der Waals surface area contributed by atoms with E-state index in [-0.39, 0.29) is 17.0 Å². The lowest BCUT2D eigenvalue weighted by molar-refractivity contribution is 0.544. The van der Waals surface area contributed by atoms with Crippen LogP contribution in [0.3, 0.4) is 0 Å². The van der Waals surface area contributed by atoms with E-state index in [1.807, 2.05) is 42.5 Å². The van der Waals surface area contributed by atoms with E-state index in [0.717, 1.165) is 29.0 Å². The molecule has 1 aromatic heterocycles. The summed E-state index contributed by atoms with van der Waals surface area (Å²) in [4.78, 5) is 4.63. The molecule has 3 heteroatoms. The second-order valence-electron chi connectivity index (χ2n) is 5.32. The van der Waals surface area contributed by atoms with E-state index >= 15 is 0 Å². The molecule has 4 rings (SSSR count). The minimum Gasteiger partial charge on any atom is -0.440 e. The maximum absolute atomic E-state index is 5.85. The van der Waals surface area contributed by atoms with Gasteiger partial charge in [0.05, 0.1) is 0 Å². The first-order chi connectivity index (χ1) is 10.9. The summed E-state index contributed by atoms with van der Waals surface area (Å²) in [5, 5.41) is 0. The van der Waals surface area contributed by atoms with Crippen molar-refractivity contribution >= 4 is 28.1 Å². The molecule has 23 heavy (non-hydrogen) atoms. The summed E-state index contributed by atoms with van der Waals surface area (Å²) in [5.41, 5.74) is 5.31. The lowest BCUT2D eigenvalue weighted by Gasteiger charge is -1.99. The fourth-order valence-corrected chi connectivity index (χ4v) is 2.63. The van der Waals surface area contributed by atoms with Crippen molar-refractivity contribution in [2.45, 2.75) is 6.42 Å². The minimum absolute atomic E-state index is 0. The molecule has 114 valence electrons. The Morgan fingerprint density at radius 1 is 0.739 bits per heavy atom. The lowest BCUT2D eigenvalue weighted by Crippen LogP contribution is -1.86. The van der Waals surface area contributed by atoms with E-state index < -0.39 is 0 Å². The van der Waals surface area contributed by atoms with Crippen LogP contribution in [0, 0.1) is 0 Å². The second-order valence-corrected chi connectivity index (χ2v) is 5.32. The Labute approximate surface area is 145 Å². The van der Waals surface area contributed by atoms with Crippen molar-refractivity contribution in [2.24, 2.45) is 0 Å². The van der Waals surface area contributed by atoms with Gasteiger partial charge in [-0.3, -0.25) is 0 Å². The smallest absolute Gasteiger partial charge is 0.199 e. The number of nitrogens with zero attached hydrogens (tertiary/aromatic N) is 1. The molecule has 2 nitrogen and oxygen atoms in total. The zero-order valence-electron chi connectivity index (χ0n) is 12.5. The SMILES string of the molecule is Br.c1ccc(Cc2nc3cc(-c4ccccc4)ccc3o2)cc1. The molecule has 0 amide bonds. The average Bonchev–Trinajstić information content (AvgIpc) is 2.98. The number of halogens is 1. The molecule has 0 saturated carbocycles. The van der Waals surface area contributed by atoms with Gasteiger partial charge in [-0.15, -0.1) is 17.0 Å². The summed E-state index contributed by atoms with van der Waals surface area (Å²) >= 11 is 0. The van der Waals surface area contributed by atoms with E-state index in [1.165, 1.54) is 11.1 Å². The Bertz CT molecular complexity index is 901. The monoisotopic (exact) mass is 365 g/mol. The van der Waals surface area contributed by atoms with Crippen LogP contribution >= 0.6 is 17.0 Å². The van der Waals surface area contributed by atoms with Gasteiger partial charge in [0.2, 0.25) is 0 Å². The number of benzene rings is 3. The molecule has 0 aliphatic rings. The molecule has 0 radical (unpaired) electrons. The van der Waals surface area contributed by atoms with Crippen LogP contribution in [0.15, 0.2) is 83.3 Å². The van der Waals surface area contributed by atoms with Gasteiger partial charge in [-0.05, 0) is 28.8 Å². The Kier molecular flexibility index (Phi) is 4.58. The number of oxazole rings is 1. The fraction of sp³-hybridized carbons (Fsp3) is 0.0500. The first-order valence-electron chi connectivity index (χ1n) is 7.37. The van der Waals surface area contributed by atoms with Gasteiger partial charge in [0.25, 0.3) is 0 Å². The summed E-state index contributed by atoms with van der Waals surface area (Å²) in [5.74, 6) is 0.756. The van der Waals surface area contributed by atoms with E-state index in [9.17, 15) is 0 Å². The number of fused-ring (bicyclic) bond motifs is 1. The second kappa shape index (κ2) is 6.80. The van der Waals surface area contributed by atoms with Crippen LogP contribution in [0.2, 0.25) is 0 Å². The summed E-state index contributed by atoms with van der Waals surface area (Å²) in [7, 11) is 0. The molecular formula is C20H16BrNO. The minimum atomic E-state index is 0. The molecule has 0 bridgehead atoms. The number of rotatable bonds is 3. The maximum atomic E-state index is 5.85. The molecule has 4 aromatic rings. The van der Waals surface area contributed by atoms with E-state index in [2.05, 4.69) is 41.4 Å². The van der Waals surface area contributed by atoms with Gasteiger partial charge in [-0.25, -0.2) is 4.98 Å². The standard InChI is InChI=1S/C20H15NO.BrH/c1-3-7-15(8-4-1)13-20-21-18-14-17(11-12-19(18)22-20)16-9-5-2-6-10-16;/h1-12,14H,13H2;1H. The number of hydrogen-bond acceptors (Lipinski definition) is 2. The highest BCUT2D eigenvalue weighted by Crippen LogP contribution is 2.25. The Balaban J connectivity index is 0.00000156. The van der Waals surface area contributed by atoms with E-state index in [0.29, 0.717) is 0 Å². The van der Waals surface area contributed by atoms with E-state index in [1.54, 1.807) is 0 Å². The normalized spacial score (nSPS) is 10.4. The molecule has 0 fully saturated rings. The van der Waals surface area contributed by atoms with Gasteiger partial charge in [0, 0.05) is 6.42 Å². The van der Waals surface area contributed by atoms with Gasteiger partial charge in [-0.1, -0.05) is 66.7 Å². The highest BCUT2D eigenvalue weighted by atomic mass is 79.9. The first-order valence-corrected chi connectivity index (χ1v) is 7.37. The van der Waals surface area contributed by atoms with Crippen LogP contribution in [0.25, 0.3) is 22.2 Å². The van der Waals surface area contributed by atoms with Crippen molar-refractivity contribution < 1.29 is 4.42 Å². The van der Waals surface area contributed by atoms with Crippen molar-refractivity contribution in [3.8, 4) is 11.1 Å².